The highest BCUT2D eigenvalue weighted by atomic mass is 16.5. The molecule has 0 aromatic heterocycles. The maximum Gasteiger partial charge on any atom is 0.0637 e. The molecule has 100 valence electrons. The number of rotatable bonds is 4. The minimum Gasteiger partial charge on any atom is -0.380 e. The van der Waals surface area contributed by atoms with Crippen molar-refractivity contribution in [2.45, 2.75) is 64.1 Å². The van der Waals surface area contributed by atoms with Gasteiger partial charge in [-0.05, 0) is 25.2 Å². The highest BCUT2D eigenvalue weighted by Gasteiger charge is 2.34. The zero-order chi connectivity index (χ0) is 12.3. The summed E-state index contributed by atoms with van der Waals surface area (Å²) in [5.41, 5.74) is 6.30. The Morgan fingerprint density at radius 1 is 1.24 bits per heavy atom. The van der Waals surface area contributed by atoms with Gasteiger partial charge in [0.25, 0.3) is 0 Å². The molecule has 1 saturated heterocycles. The van der Waals surface area contributed by atoms with Crippen molar-refractivity contribution in [1.29, 1.82) is 0 Å². The van der Waals surface area contributed by atoms with Crippen LogP contribution >= 0.6 is 0 Å². The van der Waals surface area contributed by atoms with Crippen molar-refractivity contribution in [2.75, 3.05) is 19.8 Å². The van der Waals surface area contributed by atoms with Gasteiger partial charge in [0.1, 0.15) is 0 Å². The Bertz CT molecular complexity index is 226. The number of hydrogen-bond acceptors (Lipinski definition) is 3. The second-order valence-corrected chi connectivity index (χ2v) is 6.12. The Hall–Kier alpha value is -0.120. The van der Waals surface area contributed by atoms with Crippen LogP contribution in [-0.4, -0.2) is 42.8 Å². The average Bonchev–Trinajstić information content (AvgIpc) is 2.80. The lowest BCUT2D eigenvalue weighted by molar-refractivity contribution is -0.0151. The Morgan fingerprint density at radius 2 is 1.94 bits per heavy atom. The molecule has 0 spiro atoms. The first-order valence-electron chi connectivity index (χ1n) is 7.27. The number of hydrogen-bond donors (Lipinski definition) is 1. The van der Waals surface area contributed by atoms with E-state index in [1.54, 1.807) is 0 Å². The molecule has 0 radical (unpaired) electrons. The third-order valence-corrected chi connectivity index (χ3v) is 4.17. The molecule has 0 aromatic rings. The molecule has 2 N–H and O–H groups in total. The van der Waals surface area contributed by atoms with Gasteiger partial charge in [-0.1, -0.05) is 26.7 Å². The van der Waals surface area contributed by atoms with Gasteiger partial charge < -0.3 is 10.5 Å². The maximum absolute atomic E-state index is 6.30. The fourth-order valence-corrected chi connectivity index (χ4v) is 3.29. The smallest absolute Gasteiger partial charge is 0.0637 e. The fraction of sp³-hybridized carbons (Fsp3) is 1.00. The third-order valence-electron chi connectivity index (χ3n) is 4.17. The molecule has 2 unspecified atom stereocenters. The largest absolute Gasteiger partial charge is 0.380 e. The molecule has 3 heteroatoms. The Labute approximate surface area is 106 Å². The van der Waals surface area contributed by atoms with Gasteiger partial charge in [0.15, 0.2) is 0 Å². The molecule has 2 fully saturated rings. The number of ether oxygens (including phenoxy) is 1. The first-order chi connectivity index (χ1) is 8.18. The van der Waals surface area contributed by atoms with E-state index in [0.717, 1.165) is 25.7 Å². The van der Waals surface area contributed by atoms with Crippen molar-refractivity contribution in [3.63, 3.8) is 0 Å². The minimum absolute atomic E-state index is 0.308. The van der Waals surface area contributed by atoms with E-state index in [4.69, 9.17) is 10.5 Å². The summed E-state index contributed by atoms with van der Waals surface area (Å²) in [5.74, 6) is 0.713. The fourth-order valence-electron chi connectivity index (χ4n) is 3.29. The maximum atomic E-state index is 6.30. The average molecular weight is 240 g/mol. The summed E-state index contributed by atoms with van der Waals surface area (Å²) in [7, 11) is 0. The Balaban J connectivity index is 2.01. The second kappa shape index (κ2) is 6.17. The van der Waals surface area contributed by atoms with Crippen LogP contribution in [0.4, 0.5) is 0 Å². The van der Waals surface area contributed by atoms with Crippen LogP contribution in [0.5, 0.6) is 0 Å². The van der Waals surface area contributed by atoms with Gasteiger partial charge in [0.2, 0.25) is 0 Å². The predicted octanol–water partition coefficient (Wildman–Crippen LogP) is 2.00. The lowest BCUT2D eigenvalue weighted by atomic mass is 9.98. The zero-order valence-corrected chi connectivity index (χ0v) is 11.4. The van der Waals surface area contributed by atoms with Crippen molar-refractivity contribution in [2.24, 2.45) is 11.7 Å². The summed E-state index contributed by atoms with van der Waals surface area (Å²) in [4.78, 5) is 2.67. The molecule has 0 aromatic carbocycles. The minimum atomic E-state index is 0.308. The molecule has 3 nitrogen and oxygen atoms in total. The van der Waals surface area contributed by atoms with Gasteiger partial charge in [-0.25, -0.2) is 0 Å². The van der Waals surface area contributed by atoms with Gasteiger partial charge in [0, 0.05) is 31.3 Å². The van der Waals surface area contributed by atoms with Crippen LogP contribution in [0.15, 0.2) is 0 Å². The van der Waals surface area contributed by atoms with Crippen molar-refractivity contribution < 1.29 is 4.74 Å². The molecule has 0 amide bonds. The topological polar surface area (TPSA) is 38.5 Å². The monoisotopic (exact) mass is 240 g/mol. The summed E-state index contributed by atoms with van der Waals surface area (Å²) in [6, 6.07) is 1.52. The molecule has 2 aliphatic rings. The molecule has 1 saturated carbocycles. The van der Waals surface area contributed by atoms with Crippen LogP contribution in [0.2, 0.25) is 0 Å². The van der Waals surface area contributed by atoms with Crippen LogP contribution in [-0.2, 0) is 4.74 Å². The van der Waals surface area contributed by atoms with Crippen LogP contribution < -0.4 is 5.73 Å². The first-order valence-corrected chi connectivity index (χ1v) is 7.27. The molecule has 2 atom stereocenters. The summed E-state index contributed by atoms with van der Waals surface area (Å²) < 4.78 is 5.65. The quantitative estimate of drug-likeness (QED) is 0.817. The van der Waals surface area contributed by atoms with Crippen LogP contribution in [0, 0.1) is 5.92 Å². The molecule has 0 bridgehead atoms. The van der Waals surface area contributed by atoms with Gasteiger partial charge >= 0.3 is 0 Å². The molecular formula is C14H28N2O. The van der Waals surface area contributed by atoms with Crippen molar-refractivity contribution in [3.05, 3.63) is 0 Å². The highest BCUT2D eigenvalue weighted by molar-refractivity contribution is 4.90. The van der Waals surface area contributed by atoms with E-state index < -0.39 is 0 Å². The van der Waals surface area contributed by atoms with E-state index >= 15 is 0 Å². The lowest BCUT2D eigenvalue weighted by Gasteiger charge is -2.42. The molecular weight excluding hydrogens is 212 g/mol. The van der Waals surface area contributed by atoms with E-state index in [1.807, 2.05) is 0 Å². The van der Waals surface area contributed by atoms with Crippen LogP contribution in [0.3, 0.4) is 0 Å². The van der Waals surface area contributed by atoms with Crippen LogP contribution in [0.25, 0.3) is 0 Å². The highest BCUT2D eigenvalue weighted by Crippen LogP contribution is 2.28. The molecule has 2 rings (SSSR count). The van der Waals surface area contributed by atoms with Crippen molar-refractivity contribution in [1.82, 2.24) is 4.90 Å². The molecule has 1 aliphatic heterocycles. The third kappa shape index (κ3) is 3.43. The van der Waals surface area contributed by atoms with E-state index in [9.17, 15) is 0 Å². The Kier molecular flexibility index (Phi) is 4.83. The standard InChI is InChI=1S/C14H28N2O/c1-11(2)9-16(12-5-3-4-6-12)14-10-17-8-7-13(14)15/h11-14H,3-10,15H2,1-2H3. The van der Waals surface area contributed by atoms with E-state index in [0.29, 0.717) is 18.0 Å². The van der Waals surface area contributed by atoms with E-state index in [1.165, 1.54) is 32.2 Å². The van der Waals surface area contributed by atoms with Crippen molar-refractivity contribution >= 4 is 0 Å². The lowest BCUT2D eigenvalue weighted by Crippen LogP contribution is -2.57. The number of nitrogens with zero attached hydrogens (tertiary/aromatic N) is 1. The van der Waals surface area contributed by atoms with Crippen molar-refractivity contribution in [3.8, 4) is 0 Å². The number of nitrogens with two attached hydrogens (primary N) is 1. The first kappa shape index (κ1) is 13.3. The van der Waals surface area contributed by atoms with E-state index in [2.05, 4.69) is 18.7 Å². The van der Waals surface area contributed by atoms with E-state index in [-0.39, 0.29) is 0 Å². The molecule has 1 heterocycles. The predicted molar refractivity (Wildman–Crippen MR) is 71.0 cm³/mol. The Morgan fingerprint density at radius 3 is 2.53 bits per heavy atom. The SMILES string of the molecule is CC(C)CN(C1CCCC1)C1COCCC1N. The van der Waals surface area contributed by atoms with Gasteiger partial charge in [-0.15, -0.1) is 0 Å². The second-order valence-electron chi connectivity index (χ2n) is 6.12. The van der Waals surface area contributed by atoms with Gasteiger partial charge in [-0.3, -0.25) is 4.90 Å². The summed E-state index contributed by atoms with van der Waals surface area (Å²) in [6.45, 7) is 7.46. The molecule has 17 heavy (non-hydrogen) atoms. The van der Waals surface area contributed by atoms with Gasteiger partial charge in [0.05, 0.1) is 6.61 Å². The summed E-state index contributed by atoms with van der Waals surface area (Å²) in [5, 5.41) is 0. The van der Waals surface area contributed by atoms with Crippen LogP contribution in [0.1, 0.15) is 46.0 Å². The normalized spacial score (nSPS) is 31.6. The summed E-state index contributed by atoms with van der Waals surface area (Å²) >= 11 is 0. The van der Waals surface area contributed by atoms with Gasteiger partial charge in [-0.2, -0.15) is 0 Å². The summed E-state index contributed by atoms with van der Waals surface area (Å²) in [6.07, 6.45) is 6.52. The molecule has 1 aliphatic carbocycles. The zero-order valence-electron chi connectivity index (χ0n) is 11.4.